The molecule has 5 nitrogen and oxygen atoms in total. The number of aryl methyl sites for hydroxylation is 1. The van der Waals surface area contributed by atoms with E-state index in [1.807, 2.05) is 57.2 Å². The molecule has 2 aromatic rings. The zero-order valence-electron chi connectivity index (χ0n) is 14.3. The highest BCUT2D eigenvalue weighted by molar-refractivity contribution is 5.89. The van der Waals surface area contributed by atoms with Crippen molar-refractivity contribution in [2.24, 2.45) is 0 Å². The van der Waals surface area contributed by atoms with Crippen LogP contribution in [0.4, 0.5) is 10.5 Å². The molecule has 128 valence electrons. The van der Waals surface area contributed by atoms with Gasteiger partial charge in [0, 0.05) is 5.69 Å². The van der Waals surface area contributed by atoms with Gasteiger partial charge in [0.05, 0.1) is 12.6 Å². The second-order valence-corrected chi connectivity index (χ2v) is 5.69. The van der Waals surface area contributed by atoms with Gasteiger partial charge in [0.2, 0.25) is 0 Å². The van der Waals surface area contributed by atoms with Crippen LogP contribution < -0.4 is 20.1 Å². The lowest BCUT2D eigenvalue weighted by molar-refractivity contribution is 0.242. The molecule has 0 aliphatic heterocycles. The summed E-state index contributed by atoms with van der Waals surface area (Å²) in [5.74, 6) is 1.61. The highest BCUT2D eigenvalue weighted by atomic mass is 16.5. The van der Waals surface area contributed by atoms with Crippen LogP contribution in [0, 0.1) is 6.92 Å². The van der Waals surface area contributed by atoms with Crippen LogP contribution in [-0.2, 0) is 0 Å². The summed E-state index contributed by atoms with van der Waals surface area (Å²) in [5.41, 5.74) is 1.79. The topological polar surface area (TPSA) is 59.6 Å². The molecule has 24 heavy (non-hydrogen) atoms. The van der Waals surface area contributed by atoms with Crippen molar-refractivity contribution in [1.29, 1.82) is 0 Å². The number of para-hydroxylation sites is 1. The van der Waals surface area contributed by atoms with Gasteiger partial charge in [-0.05, 0) is 56.7 Å². The smallest absolute Gasteiger partial charge is 0.319 e. The van der Waals surface area contributed by atoms with E-state index < -0.39 is 0 Å². The summed E-state index contributed by atoms with van der Waals surface area (Å²) in [4.78, 5) is 11.8. The number of benzene rings is 2. The molecule has 5 heteroatoms. The molecule has 0 aliphatic carbocycles. The summed E-state index contributed by atoms with van der Waals surface area (Å²) in [6.07, 6.45) is 0.125. The van der Waals surface area contributed by atoms with Gasteiger partial charge in [0.1, 0.15) is 18.1 Å². The third-order valence-corrected chi connectivity index (χ3v) is 3.22. The lowest BCUT2D eigenvalue weighted by atomic mass is 10.2. The van der Waals surface area contributed by atoms with Crippen LogP contribution in [0.3, 0.4) is 0 Å². The maximum atomic E-state index is 11.8. The number of hydrogen-bond acceptors (Lipinski definition) is 3. The van der Waals surface area contributed by atoms with E-state index in [4.69, 9.17) is 9.47 Å². The summed E-state index contributed by atoms with van der Waals surface area (Å²) in [5, 5.41) is 5.53. The van der Waals surface area contributed by atoms with E-state index in [2.05, 4.69) is 10.6 Å². The number of hydrogen-bond donors (Lipinski definition) is 2. The third-order valence-electron chi connectivity index (χ3n) is 3.22. The number of nitrogens with one attached hydrogen (secondary N) is 2. The van der Waals surface area contributed by atoms with Gasteiger partial charge in [-0.1, -0.05) is 18.2 Å². The average molecular weight is 328 g/mol. The zero-order chi connectivity index (χ0) is 17.4. The first-order chi connectivity index (χ1) is 11.5. The van der Waals surface area contributed by atoms with Gasteiger partial charge in [-0.15, -0.1) is 0 Å². The molecule has 0 saturated carbocycles. The summed E-state index contributed by atoms with van der Waals surface area (Å²) in [6.45, 7) is 6.77. The molecule has 2 N–H and O–H groups in total. The van der Waals surface area contributed by atoms with Crippen LogP contribution in [-0.4, -0.2) is 25.3 Å². The normalized spacial score (nSPS) is 10.3. The molecule has 2 aromatic carbocycles. The van der Waals surface area contributed by atoms with Crippen molar-refractivity contribution in [2.75, 3.05) is 18.5 Å². The predicted molar refractivity (Wildman–Crippen MR) is 95.9 cm³/mol. The lowest BCUT2D eigenvalue weighted by Gasteiger charge is -2.12. The molecule has 2 rings (SSSR count). The minimum Gasteiger partial charge on any atom is -0.491 e. The van der Waals surface area contributed by atoms with E-state index >= 15 is 0 Å². The molecule has 0 atom stereocenters. The first-order valence-corrected chi connectivity index (χ1v) is 8.04. The largest absolute Gasteiger partial charge is 0.491 e. The Morgan fingerprint density at radius 3 is 2.46 bits per heavy atom. The van der Waals surface area contributed by atoms with Crippen LogP contribution in [0.2, 0.25) is 0 Å². The second-order valence-electron chi connectivity index (χ2n) is 5.69. The minimum absolute atomic E-state index is 0.125. The fourth-order valence-corrected chi connectivity index (χ4v) is 2.11. The van der Waals surface area contributed by atoms with Crippen molar-refractivity contribution in [3.63, 3.8) is 0 Å². The summed E-state index contributed by atoms with van der Waals surface area (Å²) >= 11 is 0. The highest BCUT2D eigenvalue weighted by Crippen LogP contribution is 2.17. The van der Waals surface area contributed by atoms with E-state index in [1.165, 1.54) is 0 Å². The highest BCUT2D eigenvalue weighted by Gasteiger charge is 2.03. The second kappa shape index (κ2) is 8.82. The summed E-state index contributed by atoms with van der Waals surface area (Å²) in [6, 6.07) is 14.8. The molecule has 0 aliphatic rings. The molecule has 0 fully saturated rings. The van der Waals surface area contributed by atoms with Crippen molar-refractivity contribution >= 4 is 11.7 Å². The van der Waals surface area contributed by atoms with E-state index in [9.17, 15) is 4.79 Å². The number of urea groups is 1. The van der Waals surface area contributed by atoms with Crippen molar-refractivity contribution < 1.29 is 14.3 Å². The van der Waals surface area contributed by atoms with Crippen molar-refractivity contribution in [3.8, 4) is 11.5 Å². The van der Waals surface area contributed by atoms with Gasteiger partial charge in [-0.2, -0.15) is 0 Å². The van der Waals surface area contributed by atoms with Gasteiger partial charge in [-0.3, -0.25) is 0 Å². The van der Waals surface area contributed by atoms with Crippen LogP contribution >= 0.6 is 0 Å². The fraction of sp³-hybridized carbons (Fsp3) is 0.316. The molecule has 0 aromatic heterocycles. The number of rotatable bonds is 7. The molecule has 0 unspecified atom stereocenters. The Labute approximate surface area is 143 Å². The molecule has 0 heterocycles. The quantitative estimate of drug-likeness (QED) is 0.756. The Hall–Kier alpha value is -2.69. The Bertz CT molecular complexity index is 654. The Morgan fingerprint density at radius 1 is 1.08 bits per heavy atom. The van der Waals surface area contributed by atoms with Crippen molar-refractivity contribution in [2.45, 2.75) is 26.9 Å². The first kappa shape index (κ1) is 17.7. The van der Waals surface area contributed by atoms with Gasteiger partial charge < -0.3 is 20.1 Å². The number of carbonyl (C=O) groups is 1. The van der Waals surface area contributed by atoms with Gasteiger partial charge >= 0.3 is 6.03 Å². The fourth-order valence-electron chi connectivity index (χ4n) is 2.11. The summed E-state index contributed by atoms with van der Waals surface area (Å²) < 4.78 is 11.2. The summed E-state index contributed by atoms with van der Waals surface area (Å²) in [7, 11) is 0. The Morgan fingerprint density at radius 2 is 1.79 bits per heavy atom. The lowest BCUT2D eigenvalue weighted by Crippen LogP contribution is -2.32. The van der Waals surface area contributed by atoms with E-state index in [1.54, 1.807) is 12.1 Å². The predicted octanol–water partition coefficient (Wildman–Crippen LogP) is 3.98. The number of anilines is 1. The molecule has 0 bridgehead atoms. The number of amides is 2. The average Bonchev–Trinajstić information content (AvgIpc) is 2.54. The maximum absolute atomic E-state index is 11.8. The number of carbonyl (C=O) groups excluding carboxylic acids is 1. The molecular weight excluding hydrogens is 304 g/mol. The van der Waals surface area contributed by atoms with E-state index in [0.717, 1.165) is 17.1 Å². The van der Waals surface area contributed by atoms with Crippen molar-refractivity contribution in [3.05, 3.63) is 54.1 Å². The number of ether oxygens (including phenoxy) is 2. The minimum atomic E-state index is -0.263. The van der Waals surface area contributed by atoms with Crippen LogP contribution in [0.5, 0.6) is 11.5 Å². The Kier molecular flexibility index (Phi) is 6.49. The standard InChI is InChI=1S/C19H24N2O3/c1-14(2)24-17-10-8-16(9-11-17)21-19(22)20-12-13-23-18-7-5-4-6-15(18)3/h4-11,14H,12-13H2,1-3H3,(H2,20,21,22). The van der Waals surface area contributed by atoms with Gasteiger partial charge in [-0.25, -0.2) is 4.79 Å². The van der Waals surface area contributed by atoms with E-state index in [0.29, 0.717) is 18.8 Å². The molecule has 0 radical (unpaired) electrons. The SMILES string of the molecule is Cc1ccccc1OCCNC(=O)Nc1ccc(OC(C)C)cc1. The molecular formula is C19H24N2O3. The maximum Gasteiger partial charge on any atom is 0.319 e. The Balaban J connectivity index is 1.70. The molecule has 0 saturated heterocycles. The van der Waals surface area contributed by atoms with E-state index in [-0.39, 0.29) is 12.1 Å². The van der Waals surface area contributed by atoms with Crippen LogP contribution in [0.25, 0.3) is 0 Å². The van der Waals surface area contributed by atoms with Crippen molar-refractivity contribution in [1.82, 2.24) is 5.32 Å². The zero-order valence-corrected chi connectivity index (χ0v) is 14.3. The van der Waals surface area contributed by atoms with Gasteiger partial charge in [0.25, 0.3) is 0 Å². The van der Waals surface area contributed by atoms with Crippen LogP contribution in [0.1, 0.15) is 19.4 Å². The molecule has 0 spiro atoms. The van der Waals surface area contributed by atoms with Crippen LogP contribution in [0.15, 0.2) is 48.5 Å². The first-order valence-electron chi connectivity index (χ1n) is 8.04. The van der Waals surface area contributed by atoms with Gasteiger partial charge in [0.15, 0.2) is 0 Å². The molecule has 2 amide bonds. The monoisotopic (exact) mass is 328 g/mol. The third kappa shape index (κ3) is 5.83.